The maximum atomic E-state index is 12.9. The second-order valence-electron chi connectivity index (χ2n) is 7.82. The van der Waals surface area contributed by atoms with E-state index in [9.17, 15) is 9.18 Å². The zero-order valence-corrected chi connectivity index (χ0v) is 15.0. The number of carbonyl (C=O) groups is 1. The fourth-order valence-electron chi connectivity index (χ4n) is 3.69. The Kier molecular flexibility index (Phi) is 6.07. The Labute approximate surface area is 149 Å². The molecule has 2 aliphatic rings. The second kappa shape index (κ2) is 8.28. The molecule has 0 saturated heterocycles. The highest BCUT2D eigenvalue weighted by Crippen LogP contribution is 2.33. The van der Waals surface area contributed by atoms with E-state index in [1.165, 1.54) is 30.5 Å². The van der Waals surface area contributed by atoms with Crippen LogP contribution in [-0.4, -0.2) is 47.2 Å². The molecule has 0 heterocycles. The van der Waals surface area contributed by atoms with Crippen LogP contribution in [0.15, 0.2) is 24.3 Å². The van der Waals surface area contributed by atoms with Gasteiger partial charge in [0.15, 0.2) is 0 Å². The van der Waals surface area contributed by atoms with Crippen LogP contribution in [0.2, 0.25) is 0 Å². The topological polar surface area (TPSA) is 52.6 Å². The maximum absolute atomic E-state index is 12.9. The summed E-state index contributed by atoms with van der Waals surface area (Å²) < 4.78 is 12.9. The van der Waals surface area contributed by atoms with Gasteiger partial charge in [-0.25, -0.2) is 4.39 Å². The van der Waals surface area contributed by atoms with Crippen molar-refractivity contribution in [2.45, 2.75) is 63.6 Å². The number of hydrogen-bond acceptors (Lipinski definition) is 3. The monoisotopic (exact) mass is 348 g/mol. The number of aliphatic carboxylic acids is 1. The minimum absolute atomic E-state index is 0.175. The number of carboxylic acids is 1. The number of nitrogens with one attached hydrogen (secondary N) is 1. The highest BCUT2D eigenvalue weighted by atomic mass is 19.1. The van der Waals surface area contributed by atoms with E-state index < -0.39 is 5.97 Å². The quantitative estimate of drug-likeness (QED) is 0.682. The third-order valence-electron chi connectivity index (χ3n) is 5.46. The molecule has 1 atom stereocenters. The summed E-state index contributed by atoms with van der Waals surface area (Å²) in [6.45, 7) is 3.31. The van der Waals surface area contributed by atoms with Gasteiger partial charge in [0.1, 0.15) is 5.82 Å². The van der Waals surface area contributed by atoms with Gasteiger partial charge >= 0.3 is 5.97 Å². The summed E-state index contributed by atoms with van der Waals surface area (Å²) in [5.74, 6) is -0.182. The van der Waals surface area contributed by atoms with Crippen molar-refractivity contribution in [3.63, 3.8) is 0 Å². The summed E-state index contributed by atoms with van der Waals surface area (Å²) in [5, 5.41) is 12.8. The van der Waals surface area contributed by atoms with Crippen LogP contribution < -0.4 is 5.32 Å². The van der Waals surface area contributed by atoms with Gasteiger partial charge in [-0.3, -0.25) is 9.69 Å². The van der Waals surface area contributed by atoms with Gasteiger partial charge < -0.3 is 10.4 Å². The summed E-state index contributed by atoms with van der Waals surface area (Å²) in [5.41, 5.74) is 1.17. The van der Waals surface area contributed by atoms with E-state index in [-0.39, 0.29) is 12.4 Å². The Morgan fingerprint density at radius 2 is 2.00 bits per heavy atom. The molecule has 2 fully saturated rings. The van der Waals surface area contributed by atoms with E-state index in [1.807, 2.05) is 12.1 Å². The molecular formula is C20H29FN2O2. The molecule has 1 unspecified atom stereocenters. The van der Waals surface area contributed by atoms with Crippen LogP contribution >= 0.6 is 0 Å². The van der Waals surface area contributed by atoms with Crippen LogP contribution in [0.25, 0.3) is 0 Å². The van der Waals surface area contributed by atoms with Crippen LogP contribution in [0.1, 0.15) is 44.6 Å². The first kappa shape index (κ1) is 18.3. The summed E-state index contributed by atoms with van der Waals surface area (Å²) in [4.78, 5) is 13.2. The molecule has 0 amide bonds. The Bertz CT molecular complexity index is 568. The average Bonchev–Trinajstić information content (AvgIpc) is 3.33. The van der Waals surface area contributed by atoms with Crippen molar-refractivity contribution in [1.82, 2.24) is 10.2 Å². The van der Waals surface area contributed by atoms with Crippen molar-refractivity contribution in [2.75, 3.05) is 13.1 Å². The highest BCUT2D eigenvalue weighted by Gasteiger charge is 2.37. The third kappa shape index (κ3) is 5.79. The molecule has 0 bridgehead atoms. The largest absolute Gasteiger partial charge is 0.480 e. The molecule has 1 aromatic carbocycles. The van der Waals surface area contributed by atoms with E-state index in [0.717, 1.165) is 38.1 Å². The van der Waals surface area contributed by atoms with E-state index in [1.54, 1.807) is 0 Å². The molecular weight excluding hydrogens is 319 g/mol. The van der Waals surface area contributed by atoms with Crippen LogP contribution in [0.5, 0.6) is 0 Å². The summed E-state index contributed by atoms with van der Waals surface area (Å²) in [6, 6.07) is 8.04. The van der Waals surface area contributed by atoms with Gasteiger partial charge in [0.25, 0.3) is 0 Å². The highest BCUT2D eigenvalue weighted by molar-refractivity contribution is 5.69. The maximum Gasteiger partial charge on any atom is 0.317 e. The van der Waals surface area contributed by atoms with Crippen LogP contribution in [0.4, 0.5) is 4.39 Å². The number of nitrogens with zero attached hydrogens (tertiary/aromatic N) is 1. The van der Waals surface area contributed by atoms with Crippen LogP contribution in [0, 0.1) is 11.7 Å². The zero-order valence-electron chi connectivity index (χ0n) is 15.0. The van der Waals surface area contributed by atoms with Gasteiger partial charge in [-0.1, -0.05) is 12.1 Å². The summed E-state index contributed by atoms with van der Waals surface area (Å²) >= 11 is 0. The van der Waals surface area contributed by atoms with Gasteiger partial charge in [0, 0.05) is 24.7 Å². The lowest BCUT2D eigenvalue weighted by atomic mass is 9.84. The lowest BCUT2D eigenvalue weighted by Crippen LogP contribution is -2.55. The second-order valence-corrected chi connectivity index (χ2v) is 7.82. The number of carboxylic acid groups (broad SMARTS) is 1. The van der Waals surface area contributed by atoms with E-state index >= 15 is 0 Å². The lowest BCUT2D eigenvalue weighted by molar-refractivity contribution is -0.139. The van der Waals surface area contributed by atoms with Crippen molar-refractivity contribution in [2.24, 2.45) is 5.92 Å². The van der Waals surface area contributed by atoms with Crippen molar-refractivity contribution >= 4 is 5.97 Å². The third-order valence-corrected chi connectivity index (χ3v) is 5.46. The van der Waals surface area contributed by atoms with Gasteiger partial charge in [-0.2, -0.15) is 0 Å². The predicted molar refractivity (Wildman–Crippen MR) is 96.1 cm³/mol. The van der Waals surface area contributed by atoms with Gasteiger partial charge in [0.05, 0.1) is 6.54 Å². The van der Waals surface area contributed by atoms with Crippen molar-refractivity contribution in [3.05, 3.63) is 35.6 Å². The molecule has 2 aliphatic carbocycles. The van der Waals surface area contributed by atoms with Crippen molar-refractivity contribution < 1.29 is 14.3 Å². The molecule has 2 saturated carbocycles. The van der Waals surface area contributed by atoms with Crippen molar-refractivity contribution in [3.8, 4) is 0 Å². The molecule has 4 nitrogen and oxygen atoms in total. The molecule has 0 spiro atoms. The number of aryl methyl sites for hydroxylation is 1. The van der Waals surface area contributed by atoms with Gasteiger partial charge in [-0.15, -0.1) is 0 Å². The van der Waals surface area contributed by atoms with E-state index in [0.29, 0.717) is 18.1 Å². The SMILES string of the molecule is CC(CCc1ccc(F)cc1)NC1CC(N(CC(=O)O)CC2CC2)C1. The molecule has 25 heavy (non-hydrogen) atoms. The number of halogens is 1. The first-order valence-corrected chi connectivity index (χ1v) is 9.46. The molecule has 0 aliphatic heterocycles. The fraction of sp³-hybridized carbons (Fsp3) is 0.650. The van der Waals surface area contributed by atoms with Gasteiger partial charge in [0.2, 0.25) is 0 Å². The van der Waals surface area contributed by atoms with Gasteiger partial charge in [-0.05, 0) is 69.1 Å². The van der Waals surface area contributed by atoms with Crippen molar-refractivity contribution in [1.29, 1.82) is 0 Å². The molecule has 2 N–H and O–H groups in total. The Hall–Kier alpha value is -1.46. The summed E-state index contributed by atoms with van der Waals surface area (Å²) in [6.07, 6.45) is 6.56. The molecule has 0 radical (unpaired) electrons. The molecule has 5 heteroatoms. The Morgan fingerprint density at radius 1 is 1.32 bits per heavy atom. The predicted octanol–water partition coefficient (Wildman–Crippen LogP) is 3.06. The molecule has 138 valence electrons. The van der Waals surface area contributed by atoms with E-state index in [4.69, 9.17) is 5.11 Å². The summed E-state index contributed by atoms with van der Waals surface area (Å²) in [7, 11) is 0. The number of rotatable bonds is 10. The standard InChI is InChI=1S/C20H29FN2O2/c1-14(2-3-15-6-8-17(21)9-7-15)22-18-10-19(11-18)23(13-20(24)25)12-16-4-5-16/h6-9,14,16,18-19,22H,2-5,10-13H2,1H3,(H,24,25). The number of benzene rings is 1. The smallest absolute Gasteiger partial charge is 0.317 e. The first-order chi connectivity index (χ1) is 12.0. The molecule has 1 aromatic rings. The molecule has 3 rings (SSSR count). The van der Waals surface area contributed by atoms with E-state index in [2.05, 4.69) is 17.1 Å². The Morgan fingerprint density at radius 3 is 2.60 bits per heavy atom. The fourth-order valence-corrected chi connectivity index (χ4v) is 3.69. The molecule has 0 aromatic heterocycles. The minimum Gasteiger partial charge on any atom is -0.480 e. The minimum atomic E-state index is -0.718. The van der Waals surface area contributed by atoms with Crippen LogP contribution in [-0.2, 0) is 11.2 Å². The lowest BCUT2D eigenvalue weighted by Gasteiger charge is -2.44. The van der Waals surface area contributed by atoms with Crippen LogP contribution in [0.3, 0.4) is 0 Å². The average molecular weight is 348 g/mol. The Balaban J connectivity index is 1.36. The number of hydrogen-bond donors (Lipinski definition) is 2. The normalized spacial score (nSPS) is 24.1. The zero-order chi connectivity index (χ0) is 17.8. The first-order valence-electron chi connectivity index (χ1n) is 9.46.